The van der Waals surface area contributed by atoms with Crippen molar-refractivity contribution in [1.29, 1.82) is 0 Å². The average Bonchev–Trinajstić information content (AvgIpc) is 2.04. The summed E-state index contributed by atoms with van der Waals surface area (Å²) in [7, 11) is 1.72. The van der Waals surface area contributed by atoms with Crippen LogP contribution in [-0.4, -0.2) is 42.2 Å². The molecule has 0 aliphatic heterocycles. The predicted octanol–water partition coefficient (Wildman–Crippen LogP) is 1.41. The molecule has 0 aromatic rings. The molecule has 14 heavy (non-hydrogen) atoms. The Kier molecular flexibility index (Phi) is 7.05. The first-order valence-electron chi connectivity index (χ1n) is 5.05. The Labute approximate surface area is 92.6 Å². The van der Waals surface area contributed by atoms with Crippen molar-refractivity contribution in [3.63, 3.8) is 0 Å². The summed E-state index contributed by atoms with van der Waals surface area (Å²) >= 11 is 4.91. The molecule has 0 bridgehead atoms. The van der Waals surface area contributed by atoms with E-state index in [0.29, 0.717) is 17.1 Å². The van der Waals surface area contributed by atoms with E-state index in [-0.39, 0.29) is 0 Å². The maximum absolute atomic E-state index is 5.53. The fraction of sp³-hybridized carbons (Fsp3) is 0.900. The third-order valence-electron chi connectivity index (χ3n) is 2.40. The fourth-order valence-corrected chi connectivity index (χ4v) is 2.04. The Bertz CT molecular complexity index is 176. The van der Waals surface area contributed by atoms with Gasteiger partial charge in [0.15, 0.2) is 0 Å². The Morgan fingerprint density at radius 3 is 2.36 bits per heavy atom. The maximum Gasteiger partial charge on any atom is 0.0742 e. The second kappa shape index (κ2) is 7.15. The second-order valence-corrected chi connectivity index (χ2v) is 4.18. The van der Waals surface area contributed by atoms with Crippen molar-refractivity contribution in [3.05, 3.63) is 0 Å². The van der Waals surface area contributed by atoms with Crippen LogP contribution in [0.4, 0.5) is 0 Å². The molecule has 0 saturated heterocycles. The first-order valence-corrected chi connectivity index (χ1v) is 5.46. The van der Waals surface area contributed by atoms with E-state index in [0.717, 1.165) is 19.6 Å². The molecule has 0 spiro atoms. The van der Waals surface area contributed by atoms with E-state index in [4.69, 9.17) is 22.7 Å². The molecule has 2 N–H and O–H groups in total. The maximum atomic E-state index is 5.53. The van der Waals surface area contributed by atoms with E-state index < -0.39 is 0 Å². The highest BCUT2D eigenvalue weighted by Crippen LogP contribution is 2.09. The lowest BCUT2D eigenvalue weighted by atomic mass is 10.1. The van der Waals surface area contributed by atoms with Gasteiger partial charge in [0.1, 0.15) is 0 Å². The van der Waals surface area contributed by atoms with Gasteiger partial charge >= 0.3 is 0 Å². The van der Waals surface area contributed by atoms with Crippen LogP contribution in [0.25, 0.3) is 0 Å². The molecule has 0 aromatic heterocycles. The zero-order valence-electron chi connectivity index (χ0n) is 9.62. The van der Waals surface area contributed by atoms with Crippen LogP contribution in [0.3, 0.4) is 0 Å². The van der Waals surface area contributed by atoms with Crippen LogP contribution in [-0.2, 0) is 4.74 Å². The lowest BCUT2D eigenvalue weighted by molar-refractivity contribution is 0.0804. The van der Waals surface area contributed by atoms with Crippen molar-refractivity contribution in [2.75, 3.05) is 20.3 Å². The summed E-state index contributed by atoms with van der Waals surface area (Å²) in [4.78, 5) is 2.93. The monoisotopic (exact) mass is 218 g/mol. The molecule has 0 rings (SSSR count). The molecule has 2 unspecified atom stereocenters. The van der Waals surface area contributed by atoms with Gasteiger partial charge in [-0.1, -0.05) is 19.1 Å². The zero-order valence-corrected chi connectivity index (χ0v) is 10.4. The van der Waals surface area contributed by atoms with Gasteiger partial charge in [-0.05, 0) is 20.4 Å². The van der Waals surface area contributed by atoms with E-state index in [2.05, 4.69) is 25.7 Å². The number of methoxy groups -OCH3 is 1. The van der Waals surface area contributed by atoms with Crippen LogP contribution in [0.1, 0.15) is 27.2 Å². The van der Waals surface area contributed by atoms with Gasteiger partial charge < -0.3 is 10.5 Å². The number of hydrogen-bond donors (Lipinski definition) is 1. The second-order valence-electron chi connectivity index (χ2n) is 3.65. The summed E-state index contributed by atoms with van der Waals surface area (Å²) in [5, 5.41) is 0. The molecule has 84 valence electrons. The van der Waals surface area contributed by atoms with Crippen molar-refractivity contribution in [2.45, 2.75) is 39.3 Å². The molecule has 3 nitrogen and oxygen atoms in total. The summed E-state index contributed by atoms with van der Waals surface area (Å²) in [5.74, 6) is 0. The largest absolute Gasteiger partial charge is 0.393 e. The smallest absolute Gasteiger partial charge is 0.0742 e. The summed E-state index contributed by atoms with van der Waals surface area (Å²) in [6.07, 6.45) is 0.775. The van der Waals surface area contributed by atoms with Crippen LogP contribution in [0.15, 0.2) is 0 Å². The van der Waals surface area contributed by atoms with Gasteiger partial charge in [0, 0.05) is 25.6 Å². The number of rotatable bonds is 7. The third-order valence-corrected chi connectivity index (χ3v) is 2.57. The molecule has 0 aliphatic carbocycles. The van der Waals surface area contributed by atoms with Crippen LogP contribution < -0.4 is 5.73 Å². The Balaban J connectivity index is 4.16. The van der Waals surface area contributed by atoms with Gasteiger partial charge in [0.2, 0.25) is 0 Å². The molecule has 0 aliphatic rings. The van der Waals surface area contributed by atoms with Crippen LogP contribution in [0, 0.1) is 0 Å². The summed E-state index contributed by atoms with van der Waals surface area (Å²) in [6.45, 7) is 8.18. The van der Waals surface area contributed by atoms with E-state index in [1.54, 1.807) is 7.11 Å². The van der Waals surface area contributed by atoms with Gasteiger partial charge in [0.05, 0.1) is 11.6 Å². The molecule has 0 aromatic carbocycles. The van der Waals surface area contributed by atoms with Crippen molar-refractivity contribution in [2.24, 2.45) is 5.73 Å². The lowest BCUT2D eigenvalue weighted by Gasteiger charge is -2.33. The topological polar surface area (TPSA) is 38.5 Å². The minimum Gasteiger partial charge on any atom is -0.393 e. The van der Waals surface area contributed by atoms with E-state index in [9.17, 15) is 0 Å². The van der Waals surface area contributed by atoms with E-state index in [1.165, 1.54) is 0 Å². The molecular formula is C10H22N2OS. The standard InChI is InChI=1S/C10H22N2OS/c1-5-12(9(3)7-13-4)8(2)6-10(11)14/h8-9H,5-7H2,1-4H3,(H2,11,14). The number of nitrogens with two attached hydrogens (primary N) is 1. The van der Waals surface area contributed by atoms with Crippen molar-refractivity contribution < 1.29 is 4.74 Å². The number of thiocarbonyl (C=S) groups is 1. The lowest BCUT2D eigenvalue weighted by Crippen LogP contribution is -2.43. The molecule has 2 atom stereocenters. The number of likely N-dealkylation sites (N-methyl/N-ethyl adjacent to an activating group) is 1. The van der Waals surface area contributed by atoms with Crippen LogP contribution >= 0.6 is 12.2 Å². The summed E-state index contributed by atoms with van der Waals surface area (Å²) in [6, 6.07) is 0.803. The zero-order chi connectivity index (χ0) is 11.1. The number of ether oxygens (including phenoxy) is 1. The first kappa shape index (κ1) is 13.8. The molecule has 4 heteroatoms. The van der Waals surface area contributed by atoms with Gasteiger partial charge in [-0.2, -0.15) is 0 Å². The molecule has 0 radical (unpaired) electrons. The SMILES string of the molecule is CCN(C(C)COC)C(C)CC(N)=S. The van der Waals surface area contributed by atoms with Crippen LogP contribution in [0.2, 0.25) is 0 Å². The Morgan fingerprint density at radius 2 is 2.00 bits per heavy atom. The van der Waals surface area contributed by atoms with Crippen molar-refractivity contribution in [1.82, 2.24) is 4.90 Å². The molecular weight excluding hydrogens is 196 g/mol. The van der Waals surface area contributed by atoms with Crippen LogP contribution in [0.5, 0.6) is 0 Å². The fourth-order valence-electron chi connectivity index (χ4n) is 1.80. The van der Waals surface area contributed by atoms with Crippen molar-refractivity contribution >= 4 is 17.2 Å². The molecule has 0 saturated carbocycles. The molecule has 0 amide bonds. The van der Waals surface area contributed by atoms with Gasteiger partial charge in [-0.15, -0.1) is 0 Å². The molecule has 0 fully saturated rings. The number of hydrogen-bond acceptors (Lipinski definition) is 3. The first-order chi connectivity index (χ1) is 6.52. The summed E-state index contributed by atoms with van der Waals surface area (Å²) in [5.41, 5.74) is 5.53. The van der Waals surface area contributed by atoms with Gasteiger partial charge in [0.25, 0.3) is 0 Å². The predicted molar refractivity (Wildman–Crippen MR) is 64.6 cm³/mol. The Morgan fingerprint density at radius 1 is 1.43 bits per heavy atom. The van der Waals surface area contributed by atoms with Gasteiger partial charge in [-0.3, -0.25) is 4.90 Å². The Hall–Kier alpha value is -0.190. The molecule has 0 heterocycles. The highest BCUT2D eigenvalue weighted by molar-refractivity contribution is 7.80. The van der Waals surface area contributed by atoms with Crippen molar-refractivity contribution in [3.8, 4) is 0 Å². The normalized spacial score (nSPS) is 15.5. The van der Waals surface area contributed by atoms with Gasteiger partial charge in [-0.25, -0.2) is 0 Å². The highest BCUT2D eigenvalue weighted by atomic mass is 32.1. The third kappa shape index (κ3) is 4.88. The summed E-state index contributed by atoms with van der Waals surface area (Å²) < 4.78 is 5.14. The minimum absolute atomic E-state index is 0.391. The number of nitrogens with zero attached hydrogens (tertiary/aromatic N) is 1. The quantitative estimate of drug-likeness (QED) is 0.656. The highest BCUT2D eigenvalue weighted by Gasteiger charge is 2.18. The average molecular weight is 218 g/mol. The van der Waals surface area contributed by atoms with E-state index in [1.807, 2.05) is 0 Å². The minimum atomic E-state index is 0.391. The van der Waals surface area contributed by atoms with E-state index >= 15 is 0 Å².